The SMILES string of the molecule is Cc1cc(C(=O)OCC(=O)N2CCC(c3ccccc3)=N2)c(C)n1-c1ccccc1. The van der Waals surface area contributed by atoms with Crippen molar-refractivity contribution in [1.29, 1.82) is 0 Å². The van der Waals surface area contributed by atoms with Crippen molar-refractivity contribution in [2.45, 2.75) is 20.3 Å². The van der Waals surface area contributed by atoms with E-state index >= 15 is 0 Å². The van der Waals surface area contributed by atoms with Crippen molar-refractivity contribution in [1.82, 2.24) is 9.58 Å². The van der Waals surface area contributed by atoms with Gasteiger partial charge in [-0.05, 0) is 37.6 Å². The van der Waals surface area contributed by atoms with Crippen molar-refractivity contribution in [3.8, 4) is 5.69 Å². The van der Waals surface area contributed by atoms with Gasteiger partial charge in [-0.2, -0.15) is 5.10 Å². The first-order valence-electron chi connectivity index (χ1n) is 9.89. The van der Waals surface area contributed by atoms with Crippen LogP contribution in [0.4, 0.5) is 0 Å². The number of hydrazone groups is 1. The van der Waals surface area contributed by atoms with Crippen LogP contribution in [0.3, 0.4) is 0 Å². The molecule has 3 aromatic rings. The lowest BCUT2D eigenvalue weighted by molar-refractivity contribution is -0.134. The van der Waals surface area contributed by atoms with Gasteiger partial charge in [-0.25, -0.2) is 9.80 Å². The summed E-state index contributed by atoms with van der Waals surface area (Å²) in [4.78, 5) is 25.1. The quantitative estimate of drug-likeness (QED) is 0.610. The molecule has 0 fully saturated rings. The highest BCUT2D eigenvalue weighted by Crippen LogP contribution is 2.21. The Hall–Kier alpha value is -3.67. The minimum Gasteiger partial charge on any atom is -0.452 e. The highest BCUT2D eigenvalue weighted by molar-refractivity contribution is 6.02. The van der Waals surface area contributed by atoms with Crippen LogP contribution in [0, 0.1) is 13.8 Å². The predicted octanol–water partition coefficient (Wildman–Crippen LogP) is 3.89. The molecule has 2 heterocycles. The molecule has 30 heavy (non-hydrogen) atoms. The molecule has 6 nitrogen and oxygen atoms in total. The zero-order chi connectivity index (χ0) is 21.1. The van der Waals surface area contributed by atoms with E-state index in [1.807, 2.05) is 79.1 Å². The topological polar surface area (TPSA) is 63.9 Å². The van der Waals surface area contributed by atoms with Crippen LogP contribution in [0.1, 0.15) is 33.7 Å². The first kappa shape index (κ1) is 19.6. The third-order valence-electron chi connectivity index (χ3n) is 5.19. The maximum Gasteiger partial charge on any atom is 0.340 e. The molecule has 1 aromatic heterocycles. The molecule has 0 N–H and O–H groups in total. The van der Waals surface area contributed by atoms with Gasteiger partial charge < -0.3 is 9.30 Å². The molecule has 1 amide bonds. The maximum atomic E-state index is 12.6. The minimum absolute atomic E-state index is 0.328. The second kappa shape index (κ2) is 8.37. The average Bonchev–Trinajstić information content (AvgIpc) is 3.38. The van der Waals surface area contributed by atoms with Crippen molar-refractivity contribution in [3.63, 3.8) is 0 Å². The lowest BCUT2D eigenvalue weighted by Crippen LogP contribution is -2.28. The summed E-state index contributed by atoms with van der Waals surface area (Å²) in [6, 6.07) is 21.4. The molecule has 152 valence electrons. The van der Waals surface area contributed by atoms with Crippen LogP contribution in [0.2, 0.25) is 0 Å². The number of ether oxygens (including phenoxy) is 1. The van der Waals surface area contributed by atoms with Crippen LogP contribution in [-0.2, 0) is 9.53 Å². The van der Waals surface area contributed by atoms with Crippen LogP contribution in [0.5, 0.6) is 0 Å². The van der Waals surface area contributed by atoms with Crippen LogP contribution < -0.4 is 0 Å². The monoisotopic (exact) mass is 401 g/mol. The number of benzene rings is 2. The minimum atomic E-state index is -0.509. The third kappa shape index (κ3) is 3.89. The van der Waals surface area contributed by atoms with Gasteiger partial charge in [-0.3, -0.25) is 4.79 Å². The van der Waals surface area contributed by atoms with Gasteiger partial charge in [-0.1, -0.05) is 48.5 Å². The molecule has 1 aliphatic rings. The summed E-state index contributed by atoms with van der Waals surface area (Å²) in [7, 11) is 0. The predicted molar refractivity (Wildman–Crippen MR) is 115 cm³/mol. The molecular formula is C24H23N3O3. The summed E-state index contributed by atoms with van der Waals surface area (Å²) in [6.45, 7) is 3.96. The first-order chi connectivity index (χ1) is 14.5. The van der Waals surface area contributed by atoms with Crippen molar-refractivity contribution in [3.05, 3.63) is 89.2 Å². The van der Waals surface area contributed by atoms with Crippen molar-refractivity contribution < 1.29 is 14.3 Å². The van der Waals surface area contributed by atoms with Gasteiger partial charge in [-0.15, -0.1) is 0 Å². The summed E-state index contributed by atoms with van der Waals surface area (Å²) >= 11 is 0. The number of aryl methyl sites for hydroxylation is 1. The number of carbonyl (C=O) groups is 2. The van der Waals surface area contributed by atoms with Crippen LogP contribution in [-0.4, -0.2) is 40.3 Å². The van der Waals surface area contributed by atoms with Gasteiger partial charge in [0.15, 0.2) is 6.61 Å². The standard InChI is InChI=1S/C24H23N3O3/c1-17-15-21(18(2)27(17)20-11-7-4-8-12-20)24(29)30-16-23(28)26-14-13-22(25-26)19-9-5-3-6-10-19/h3-12,15H,13-14,16H2,1-2H3. The second-order valence-electron chi connectivity index (χ2n) is 7.21. The van der Waals surface area contributed by atoms with E-state index in [-0.39, 0.29) is 12.5 Å². The number of aromatic nitrogens is 1. The summed E-state index contributed by atoms with van der Waals surface area (Å²) in [6.07, 6.45) is 0.682. The van der Waals surface area contributed by atoms with Crippen molar-refractivity contribution in [2.24, 2.45) is 5.10 Å². The van der Waals surface area contributed by atoms with E-state index in [2.05, 4.69) is 5.10 Å². The molecule has 0 saturated carbocycles. The van der Waals surface area contributed by atoms with Crippen molar-refractivity contribution >= 4 is 17.6 Å². The molecule has 1 aliphatic heterocycles. The summed E-state index contributed by atoms with van der Waals surface area (Å²) in [5.74, 6) is -0.837. The number of hydrogen-bond acceptors (Lipinski definition) is 4. The number of esters is 1. The molecule has 0 unspecified atom stereocenters. The van der Waals surface area contributed by atoms with Gasteiger partial charge in [0.05, 0.1) is 17.8 Å². The van der Waals surface area contributed by atoms with E-state index in [9.17, 15) is 9.59 Å². The lowest BCUT2D eigenvalue weighted by Gasteiger charge is -2.12. The highest BCUT2D eigenvalue weighted by Gasteiger charge is 2.24. The van der Waals surface area contributed by atoms with Crippen LogP contribution >= 0.6 is 0 Å². The Labute approximate surface area is 175 Å². The zero-order valence-corrected chi connectivity index (χ0v) is 17.0. The highest BCUT2D eigenvalue weighted by atomic mass is 16.5. The maximum absolute atomic E-state index is 12.6. The van der Waals surface area contributed by atoms with E-state index in [0.717, 1.165) is 28.4 Å². The van der Waals surface area contributed by atoms with Gasteiger partial charge in [0.2, 0.25) is 0 Å². The van der Waals surface area contributed by atoms with E-state index in [1.165, 1.54) is 5.01 Å². The Morgan fingerprint density at radius 1 is 1.00 bits per heavy atom. The van der Waals surface area contributed by atoms with Crippen molar-refractivity contribution in [2.75, 3.05) is 13.2 Å². The fourth-order valence-corrected chi connectivity index (χ4v) is 3.69. The van der Waals surface area contributed by atoms with Gasteiger partial charge >= 0.3 is 5.97 Å². The Balaban J connectivity index is 1.42. The fraction of sp³-hybridized carbons (Fsp3) is 0.208. The molecule has 2 aromatic carbocycles. The smallest absolute Gasteiger partial charge is 0.340 e. The molecule has 4 rings (SSSR count). The van der Waals surface area contributed by atoms with Crippen LogP contribution in [0.25, 0.3) is 5.69 Å². The summed E-state index contributed by atoms with van der Waals surface area (Å²) < 4.78 is 7.31. The summed E-state index contributed by atoms with van der Waals surface area (Å²) in [5, 5.41) is 5.77. The first-order valence-corrected chi connectivity index (χ1v) is 9.89. The molecule has 0 spiro atoms. The molecule has 0 saturated heterocycles. The number of nitrogens with zero attached hydrogens (tertiary/aromatic N) is 3. The van der Waals surface area contributed by atoms with Gasteiger partial charge in [0.25, 0.3) is 5.91 Å². The molecular weight excluding hydrogens is 378 g/mol. The number of rotatable bonds is 5. The Bertz CT molecular complexity index is 1100. The third-order valence-corrected chi connectivity index (χ3v) is 5.19. The molecule has 0 radical (unpaired) electrons. The second-order valence-corrected chi connectivity index (χ2v) is 7.21. The van der Waals surface area contributed by atoms with E-state index < -0.39 is 5.97 Å². The Kier molecular flexibility index (Phi) is 5.48. The molecule has 0 aliphatic carbocycles. The number of amides is 1. The summed E-state index contributed by atoms with van der Waals surface area (Å²) in [5.41, 5.74) is 5.00. The lowest BCUT2D eigenvalue weighted by atomic mass is 10.1. The molecule has 0 atom stereocenters. The van der Waals surface area contributed by atoms with Crippen LogP contribution in [0.15, 0.2) is 71.8 Å². The Morgan fingerprint density at radius 3 is 2.37 bits per heavy atom. The van der Waals surface area contributed by atoms with Gasteiger partial charge in [0.1, 0.15) is 0 Å². The number of hydrogen-bond donors (Lipinski definition) is 0. The Morgan fingerprint density at radius 2 is 1.67 bits per heavy atom. The van der Waals surface area contributed by atoms with E-state index in [0.29, 0.717) is 18.5 Å². The molecule has 0 bridgehead atoms. The largest absolute Gasteiger partial charge is 0.452 e. The fourth-order valence-electron chi connectivity index (χ4n) is 3.69. The number of carbonyl (C=O) groups excluding carboxylic acids is 2. The molecule has 6 heteroatoms. The normalized spacial score (nSPS) is 13.3. The van der Waals surface area contributed by atoms with E-state index in [1.54, 1.807) is 6.07 Å². The van der Waals surface area contributed by atoms with Gasteiger partial charge in [0, 0.05) is 23.5 Å². The van der Waals surface area contributed by atoms with E-state index in [4.69, 9.17) is 4.74 Å². The zero-order valence-electron chi connectivity index (χ0n) is 17.0. The average molecular weight is 401 g/mol. The number of para-hydroxylation sites is 1.